The molecular formula is C15H19N3O4. The molecule has 0 radical (unpaired) electrons. The number of aliphatic carboxylic acids is 1. The van der Waals surface area contributed by atoms with Crippen LogP contribution in [0.3, 0.4) is 0 Å². The van der Waals surface area contributed by atoms with Gasteiger partial charge in [-0.15, -0.1) is 0 Å². The number of rotatable bonds is 7. The van der Waals surface area contributed by atoms with E-state index in [1.807, 2.05) is 24.3 Å². The molecule has 7 nitrogen and oxygen atoms in total. The Morgan fingerprint density at radius 1 is 1.32 bits per heavy atom. The summed E-state index contributed by atoms with van der Waals surface area (Å²) in [6, 6.07) is 5.66. The second-order valence-corrected chi connectivity index (χ2v) is 5.08. The molecule has 1 amide bonds. The molecular weight excluding hydrogens is 286 g/mol. The molecule has 22 heavy (non-hydrogen) atoms. The van der Waals surface area contributed by atoms with Gasteiger partial charge in [-0.2, -0.15) is 0 Å². The van der Waals surface area contributed by atoms with Crippen LogP contribution in [0.4, 0.5) is 0 Å². The Bertz CT molecular complexity index is 668. The maximum Gasteiger partial charge on any atom is 0.326 e. The van der Waals surface area contributed by atoms with Crippen molar-refractivity contribution in [3.63, 3.8) is 0 Å². The monoisotopic (exact) mass is 305 g/mol. The summed E-state index contributed by atoms with van der Waals surface area (Å²) in [5.41, 5.74) is 7.71. The van der Waals surface area contributed by atoms with E-state index in [1.165, 1.54) is 0 Å². The topological polar surface area (TPSA) is 128 Å². The number of carboxylic acid groups (broad SMARTS) is 1. The standard InChI is InChI=1S/C15H19N3O4/c16-11(14(20)18-13(5-6-19)15(21)22)7-9-8-17-12-4-2-1-3-10(9)12/h1-4,8,11,13,17,19H,5-7,16H2,(H,18,20)(H,21,22)/t11-,13-/m1/s1. The summed E-state index contributed by atoms with van der Waals surface area (Å²) in [5, 5.41) is 21.1. The molecule has 0 fully saturated rings. The van der Waals surface area contributed by atoms with Gasteiger partial charge in [-0.05, 0) is 18.1 Å². The minimum Gasteiger partial charge on any atom is -0.480 e. The first kappa shape index (κ1) is 16.0. The Morgan fingerprint density at radius 3 is 2.73 bits per heavy atom. The number of fused-ring (bicyclic) bond motifs is 1. The van der Waals surface area contributed by atoms with Crippen molar-refractivity contribution in [3.05, 3.63) is 36.0 Å². The van der Waals surface area contributed by atoms with Gasteiger partial charge in [0.25, 0.3) is 0 Å². The summed E-state index contributed by atoms with van der Waals surface area (Å²) in [6.45, 7) is -0.324. The molecule has 1 heterocycles. The number of aromatic nitrogens is 1. The number of benzene rings is 1. The number of para-hydroxylation sites is 1. The smallest absolute Gasteiger partial charge is 0.326 e. The number of aromatic amines is 1. The van der Waals surface area contributed by atoms with Crippen molar-refractivity contribution in [3.8, 4) is 0 Å². The van der Waals surface area contributed by atoms with E-state index >= 15 is 0 Å². The Kier molecular flexibility index (Phi) is 5.13. The third kappa shape index (κ3) is 3.63. The van der Waals surface area contributed by atoms with Crippen LogP contribution in [0.25, 0.3) is 10.9 Å². The van der Waals surface area contributed by atoms with Gasteiger partial charge in [-0.3, -0.25) is 4.79 Å². The van der Waals surface area contributed by atoms with Gasteiger partial charge in [0.05, 0.1) is 6.04 Å². The van der Waals surface area contributed by atoms with E-state index in [2.05, 4.69) is 10.3 Å². The minimum absolute atomic E-state index is 0.0547. The lowest BCUT2D eigenvalue weighted by Crippen LogP contribution is -2.49. The molecule has 2 rings (SSSR count). The van der Waals surface area contributed by atoms with Crippen LogP contribution < -0.4 is 11.1 Å². The summed E-state index contributed by atoms with van der Waals surface area (Å²) in [6.07, 6.45) is 2.03. The number of aliphatic hydroxyl groups is 1. The van der Waals surface area contributed by atoms with E-state index in [9.17, 15) is 9.59 Å². The third-order valence-corrected chi connectivity index (χ3v) is 3.48. The molecule has 0 spiro atoms. The van der Waals surface area contributed by atoms with E-state index in [0.717, 1.165) is 16.5 Å². The largest absolute Gasteiger partial charge is 0.480 e. The van der Waals surface area contributed by atoms with Gasteiger partial charge in [0.1, 0.15) is 6.04 Å². The van der Waals surface area contributed by atoms with Gasteiger partial charge < -0.3 is 26.2 Å². The van der Waals surface area contributed by atoms with Crippen LogP contribution in [-0.4, -0.2) is 45.8 Å². The molecule has 0 saturated heterocycles. The average molecular weight is 305 g/mol. The predicted molar refractivity (Wildman–Crippen MR) is 81.2 cm³/mol. The van der Waals surface area contributed by atoms with Crippen molar-refractivity contribution in [1.82, 2.24) is 10.3 Å². The number of carbonyl (C=O) groups is 2. The molecule has 118 valence electrons. The van der Waals surface area contributed by atoms with Crippen LogP contribution in [0.2, 0.25) is 0 Å². The third-order valence-electron chi connectivity index (χ3n) is 3.48. The van der Waals surface area contributed by atoms with Gasteiger partial charge in [0.2, 0.25) is 5.91 Å². The molecule has 6 N–H and O–H groups in total. The van der Waals surface area contributed by atoms with Crippen molar-refractivity contribution < 1.29 is 19.8 Å². The molecule has 0 bridgehead atoms. The zero-order valence-electron chi connectivity index (χ0n) is 12.0. The van der Waals surface area contributed by atoms with Crippen LogP contribution in [0.1, 0.15) is 12.0 Å². The van der Waals surface area contributed by atoms with Crippen LogP contribution >= 0.6 is 0 Å². The maximum absolute atomic E-state index is 12.0. The fourth-order valence-electron chi connectivity index (χ4n) is 2.30. The van der Waals surface area contributed by atoms with Gasteiger partial charge in [0, 0.05) is 30.1 Å². The number of hydrogen-bond donors (Lipinski definition) is 5. The minimum atomic E-state index is -1.19. The highest BCUT2D eigenvalue weighted by atomic mass is 16.4. The summed E-state index contributed by atoms with van der Waals surface area (Å²) >= 11 is 0. The molecule has 1 aromatic heterocycles. The molecule has 0 saturated carbocycles. The van der Waals surface area contributed by atoms with Crippen LogP contribution in [-0.2, 0) is 16.0 Å². The molecule has 7 heteroatoms. The lowest BCUT2D eigenvalue weighted by Gasteiger charge is -2.17. The lowest BCUT2D eigenvalue weighted by atomic mass is 10.0. The number of amides is 1. The Hall–Kier alpha value is -2.38. The number of hydrogen-bond acceptors (Lipinski definition) is 4. The molecule has 1 aromatic carbocycles. The molecule has 0 aliphatic rings. The van der Waals surface area contributed by atoms with Crippen molar-refractivity contribution in [2.45, 2.75) is 24.9 Å². The number of carbonyl (C=O) groups excluding carboxylic acids is 1. The molecule has 0 unspecified atom stereocenters. The first-order chi connectivity index (χ1) is 10.5. The predicted octanol–water partition coefficient (Wildman–Crippen LogP) is -0.0105. The average Bonchev–Trinajstić information content (AvgIpc) is 2.90. The van der Waals surface area contributed by atoms with Gasteiger partial charge in [-0.25, -0.2) is 4.79 Å². The second kappa shape index (κ2) is 7.06. The number of H-pyrrole nitrogens is 1. The Labute approximate surface area is 127 Å². The van der Waals surface area contributed by atoms with Gasteiger partial charge in [-0.1, -0.05) is 18.2 Å². The van der Waals surface area contributed by atoms with Crippen molar-refractivity contribution in [2.24, 2.45) is 5.73 Å². The van der Waals surface area contributed by atoms with E-state index in [-0.39, 0.29) is 13.0 Å². The maximum atomic E-state index is 12.0. The van der Waals surface area contributed by atoms with Gasteiger partial charge in [0.15, 0.2) is 0 Å². The Balaban J connectivity index is 2.03. The van der Waals surface area contributed by atoms with Gasteiger partial charge >= 0.3 is 5.97 Å². The molecule has 2 atom stereocenters. The SMILES string of the molecule is N[C@H](Cc1c[nH]c2ccccc12)C(=O)N[C@H](CCO)C(=O)O. The van der Waals surface area contributed by atoms with E-state index < -0.39 is 24.0 Å². The molecule has 0 aliphatic carbocycles. The van der Waals surface area contributed by atoms with Crippen LogP contribution in [0, 0.1) is 0 Å². The first-order valence-corrected chi connectivity index (χ1v) is 6.97. The highest BCUT2D eigenvalue weighted by Crippen LogP contribution is 2.18. The van der Waals surface area contributed by atoms with E-state index in [4.69, 9.17) is 15.9 Å². The molecule has 0 aliphatic heterocycles. The number of nitrogens with two attached hydrogens (primary N) is 1. The second-order valence-electron chi connectivity index (χ2n) is 5.08. The molecule has 2 aromatic rings. The Morgan fingerprint density at radius 2 is 2.05 bits per heavy atom. The fraction of sp³-hybridized carbons (Fsp3) is 0.333. The first-order valence-electron chi connectivity index (χ1n) is 6.97. The lowest BCUT2D eigenvalue weighted by molar-refractivity contribution is -0.142. The van der Waals surface area contributed by atoms with Crippen molar-refractivity contribution in [2.75, 3.05) is 6.61 Å². The summed E-state index contributed by atoms with van der Waals surface area (Å²) < 4.78 is 0. The number of carboxylic acids is 1. The van der Waals surface area contributed by atoms with Crippen molar-refractivity contribution in [1.29, 1.82) is 0 Å². The zero-order valence-corrected chi connectivity index (χ0v) is 12.0. The van der Waals surface area contributed by atoms with Crippen molar-refractivity contribution >= 4 is 22.8 Å². The highest BCUT2D eigenvalue weighted by molar-refractivity contribution is 5.88. The van der Waals surface area contributed by atoms with E-state index in [1.54, 1.807) is 6.20 Å². The normalized spacial score (nSPS) is 13.7. The number of nitrogens with one attached hydrogen (secondary N) is 2. The fourth-order valence-corrected chi connectivity index (χ4v) is 2.30. The summed E-state index contributed by atoms with van der Waals surface area (Å²) in [7, 11) is 0. The van der Waals surface area contributed by atoms with Crippen LogP contribution in [0.5, 0.6) is 0 Å². The van der Waals surface area contributed by atoms with Crippen LogP contribution in [0.15, 0.2) is 30.5 Å². The quantitative estimate of drug-likeness (QED) is 0.491. The zero-order chi connectivity index (χ0) is 16.1. The number of aliphatic hydroxyl groups excluding tert-OH is 1. The summed E-state index contributed by atoms with van der Waals surface area (Å²) in [4.78, 5) is 26.1. The summed E-state index contributed by atoms with van der Waals surface area (Å²) in [5.74, 6) is -1.74. The van der Waals surface area contributed by atoms with E-state index in [0.29, 0.717) is 6.42 Å². The highest BCUT2D eigenvalue weighted by Gasteiger charge is 2.23.